The van der Waals surface area contributed by atoms with Crippen LogP contribution in [0.15, 0.2) is 36.4 Å². The Hall–Kier alpha value is -0.651. The van der Waals surface area contributed by atoms with E-state index in [9.17, 15) is 0 Å². The molecule has 0 aliphatic rings. The predicted molar refractivity (Wildman–Crippen MR) is 47.5 cm³/mol. The molecule has 0 saturated heterocycles. The van der Waals surface area contributed by atoms with Gasteiger partial charge in [0.15, 0.2) is 0 Å². The van der Waals surface area contributed by atoms with Gasteiger partial charge >= 0.3 is 0 Å². The molecule has 1 heteroatoms. The molecule has 2 rings (SSSR count). The quantitative estimate of drug-likeness (QED) is 0.650. The van der Waals surface area contributed by atoms with E-state index in [1.165, 1.54) is 16.3 Å². The van der Waals surface area contributed by atoms with Gasteiger partial charge in [-0.15, -0.1) is 46.7 Å². The third-order valence-corrected chi connectivity index (χ3v) is 1.81. The second kappa shape index (κ2) is 3.84. The van der Waals surface area contributed by atoms with Gasteiger partial charge in [0.25, 0.3) is 0 Å². The standard InChI is InChI=1S/C11H9.Ir/c1-9-6-7-10-4-2-3-5-11(10)8-9;/h2-7H,1H3;/q-1;. The molecule has 63 valence electrons. The first-order valence-electron chi connectivity index (χ1n) is 3.74. The SMILES string of the molecule is Cc1[c-]c2ccccc2cc1.[Ir]. The molecule has 2 aromatic rings. The van der Waals surface area contributed by atoms with Crippen molar-refractivity contribution in [1.82, 2.24) is 0 Å². The maximum atomic E-state index is 3.29. The van der Waals surface area contributed by atoms with Gasteiger partial charge in [-0.2, -0.15) is 0 Å². The maximum Gasteiger partial charge on any atom is 0 e. The van der Waals surface area contributed by atoms with Crippen LogP contribution >= 0.6 is 0 Å². The zero-order chi connectivity index (χ0) is 7.68. The van der Waals surface area contributed by atoms with Gasteiger partial charge in [0.2, 0.25) is 0 Å². The topological polar surface area (TPSA) is 0 Å². The van der Waals surface area contributed by atoms with Crippen LogP contribution in [-0.4, -0.2) is 0 Å². The minimum atomic E-state index is 0. The Balaban J connectivity index is 0.000000720. The average molecular weight is 333 g/mol. The first-order valence-corrected chi connectivity index (χ1v) is 3.74. The van der Waals surface area contributed by atoms with Gasteiger partial charge in [-0.3, -0.25) is 0 Å². The van der Waals surface area contributed by atoms with Gasteiger partial charge in [-0.25, -0.2) is 0 Å². The van der Waals surface area contributed by atoms with Crippen molar-refractivity contribution in [2.24, 2.45) is 0 Å². The van der Waals surface area contributed by atoms with Crippen molar-refractivity contribution in [2.45, 2.75) is 6.92 Å². The molecule has 0 aliphatic carbocycles. The van der Waals surface area contributed by atoms with Crippen LogP contribution in [0.4, 0.5) is 0 Å². The van der Waals surface area contributed by atoms with Gasteiger partial charge in [0, 0.05) is 20.1 Å². The van der Waals surface area contributed by atoms with E-state index in [1.54, 1.807) is 0 Å². The summed E-state index contributed by atoms with van der Waals surface area (Å²) in [6, 6.07) is 15.8. The number of benzene rings is 2. The van der Waals surface area contributed by atoms with Gasteiger partial charge < -0.3 is 0 Å². The molecule has 12 heavy (non-hydrogen) atoms. The summed E-state index contributed by atoms with van der Waals surface area (Å²) >= 11 is 0. The van der Waals surface area contributed by atoms with Crippen LogP contribution in [0.1, 0.15) is 5.56 Å². The van der Waals surface area contributed by atoms with Crippen LogP contribution in [0.2, 0.25) is 0 Å². The Kier molecular flexibility index (Phi) is 3.02. The van der Waals surface area contributed by atoms with E-state index < -0.39 is 0 Å². The van der Waals surface area contributed by atoms with Crippen molar-refractivity contribution < 1.29 is 20.1 Å². The summed E-state index contributed by atoms with van der Waals surface area (Å²) in [5.41, 5.74) is 1.20. The van der Waals surface area contributed by atoms with Crippen LogP contribution in [0.25, 0.3) is 10.8 Å². The fourth-order valence-electron chi connectivity index (χ4n) is 1.23. The number of hydrogen-bond donors (Lipinski definition) is 0. The molecule has 0 nitrogen and oxygen atoms in total. The molecule has 0 fully saturated rings. The summed E-state index contributed by atoms with van der Waals surface area (Å²) in [6.07, 6.45) is 0. The zero-order valence-corrected chi connectivity index (χ0v) is 9.19. The van der Waals surface area contributed by atoms with E-state index in [4.69, 9.17) is 0 Å². The number of fused-ring (bicyclic) bond motifs is 1. The van der Waals surface area contributed by atoms with Crippen LogP contribution in [0, 0.1) is 13.0 Å². The van der Waals surface area contributed by atoms with E-state index in [1.807, 2.05) is 12.1 Å². The Morgan fingerprint density at radius 3 is 2.58 bits per heavy atom. The number of aryl methyl sites for hydroxylation is 1. The van der Waals surface area contributed by atoms with Crippen molar-refractivity contribution in [3.63, 3.8) is 0 Å². The fraction of sp³-hybridized carbons (Fsp3) is 0.0909. The van der Waals surface area contributed by atoms with Crippen molar-refractivity contribution in [2.75, 3.05) is 0 Å². The Bertz CT molecular complexity index is 379. The molecule has 1 radical (unpaired) electrons. The van der Waals surface area contributed by atoms with Crippen molar-refractivity contribution in [1.29, 1.82) is 0 Å². The minimum Gasteiger partial charge on any atom is -0.143 e. The average Bonchev–Trinajstić information content (AvgIpc) is 2.04. The molecule has 0 amide bonds. The first-order chi connectivity index (χ1) is 5.36. The van der Waals surface area contributed by atoms with Crippen LogP contribution in [0.5, 0.6) is 0 Å². The van der Waals surface area contributed by atoms with E-state index in [-0.39, 0.29) is 20.1 Å². The smallest absolute Gasteiger partial charge is 0 e. The minimum absolute atomic E-state index is 0. The third kappa shape index (κ3) is 1.74. The molecule has 0 atom stereocenters. The molecular weight excluding hydrogens is 324 g/mol. The van der Waals surface area contributed by atoms with Gasteiger partial charge in [0.05, 0.1) is 0 Å². The van der Waals surface area contributed by atoms with Crippen LogP contribution < -0.4 is 0 Å². The largest absolute Gasteiger partial charge is 0.143 e. The van der Waals surface area contributed by atoms with Gasteiger partial charge in [0.1, 0.15) is 0 Å². The second-order valence-corrected chi connectivity index (χ2v) is 2.73. The van der Waals surface area contributed by atoms with E-state index in [0.717, 1.165) is 0 Å². The molecule has 0 saturated carbocycles. The predicted octanol–water partition coefficient (Wildman–Crippen LogP) is 2.95. The third-order valence-electron chi connectivity index (χ3n) is 1.81. The molecule has 0 aliphatic heterocycles. The van der Waals surface area contributed by atoms with E-state index in [0.29, 0.717) is 0 Å². The number of hydrogen-bond acceptors (Lipinski definition) is 0. The van der Waals surface area contributed by atoms with Gasteiger partial charge in [-0.1, -0.05) is 19.1 Å². The van der Waals surface area contributed by atoms with Crippen molar-refractivity contribution in [3.8, 4) is 0 Å². The summed E-state index contributed by atoms with van der Waals surface area (Å²) in [4.78, 5) is 0. The van der Waals surface area contributed by atoms with Crippen molar-refractivity contribution in [3.05, 3.63) is 48.0 Å². The summed E-state index contributed by atoms with van der Waals surface area (Å²) in [5.74, 6) is 0. The van der Waals surface area contributed by atoms with Crippen molar-refractivity contribution >= 4 is 10.8 Å². The van der Waals surface area contributed by atoms with Crippen LogP contribution in [-0.2, 0) is 20.1 Å². The summed E-state index contributed by atoms with van der Waals surface area (Å²) in [7, 11) is 0. The fourth-order valence-corrected chi connectivity index (χ4v) is 1.23. The summed E-state index contributed by atoms with van der Waals surface area (Å²) in [6.45, 7) is 2.06. The number of rotatable bonds is 0. The molecular formula is C11H9Ir-. The molecule has 0 aromatic heterocycles. The normalized spacial score (nSPS) is 9.42. The summed E-state index contributed by atoms with van der Waals surface area (Å²) < 4.78 is 0. The molecule has 0 spiro atoms. The molecule has 2 aromatic carbocycles. The van der Waals surface area contributed by atoms with E-state index >= 15 is 0 Å². The van der Waals surface area contributed by atoms with Crippen LogP contribution in [0.3, 0.4) is 0 Å². The molecule has 0 heterocycles. The summed E-state index contributed by atoms with van der Waals surface area (Å²) in [5, 5.41) is 2.46. The maximum absolute atomic E-state index is 3.29. The van der Waals surface area contributed by atoms with E-state index in [2.05, 4.69) is 37.3 Å². The molecule has 0 bridgehead atoms. The Morgan fingerprint density at radius 2 is 1.75 bits per heavy atom. The van der Waals surface area contributed by atoms with Gasteiger partial charge in [-0.05, 0) is 0 Å². The second-order valence-electron chi connectivity index (χ2n) is 2.73. The molecule has 0 unspecified atom stereocenters. The first kappa shape index (κ1) is 9.44. The molecule has 0 N–H and O–H groups in total. The Morgan fingerprint density at radius 1 is 1.00 bits per heavy atom. The Labute approximate surface area is 86.0 Å². The zero-order valence-electron chi connectivity index (χ0n) is 6.80. The monoisotopic (exact) mass is 334 g/mol.